The number of aliphatic carboxylic acids is 1. The highest BCUT2D eigenvalue weighted by Crippen LogP contribution is 2.33. The normalized spacial score (nSPS) is 11.9. The van der Waals surface area contributed by atoms with Crippen molar-refractivity contribution in [1.82, 2.24) is 9.88 Å². The van der Waals surface area contributed by atoms with Crippen molar-refractivity contribution in [3.05, 3.63) is 93.5 Å². The van der Waals surface area contributed by atoms with Gasteiger partial charge in [0.1, 0.15) is 0 Å². The summed E-state index contributed by atoms with van der Waals surface area (Å²) in [5.74, 6) is -0.763. The van der Waals surface area contributed by atoms with Crippen LogP contribution in [-0.2, 0) is 17.6 Å². The number of rotatable bonds is 10. The van der Waals surface area contributed by atoms with Gasteiger partial charge in [-0.15, -0.1) is 0 Å². The minimum absolute atomic E-state index is 0.0546. The molecule has 3 N–H and O–H groups in total. The summed E-state index contributed by atoms with van der Waals surface area (Å²) in [6, 6.07) is 21.8. The minimum Gasteiger partial charge on any atom is -0.494 e. The molecular formula is C29H30BrN3O3. The van der Waals surface area contributed by atoms with Crippen LogP contribution in [0.2, 0.25) is 0 Å². The summed E-state index contributed by atoms with van der Waals surface area (Å²) in [6.07, 6.45) is 2.56. The molecule has 0 spiro atoms. The quantitative estimate of drug-likeness (QED) is 0.203. The van der Waals surface area contributed by atoms with Gasteiger partial charge in [0.05, 0.1) is 22.5 Å². The predicted molar refractivity (Wildman–Crippen MR) is 149 cm³/mol. The van der Waals surface area contributed by atoms with E-state index in [0.29, 0.717) is 17.7 Å². The summed E-state index contributed by atoms with van der Waals surface area (Å²) < 4.78 is 0.912. The van der Waals surface area contributed by atoms with Crippen molar-refractivity contribution in [2.75, 3.05) is 20.6 Å². The van der Waals surface area contributed by atoms with E-state index in [4.69, 9.17) is 10.1 Å². The lowest BCUT2D eigenvalue weighted by Gasteiger charge is -2.11. The number of hydrogen-bond acceptors (Lipinski definition) is 4. The van der Waals surface area contributed by atoms with Crippen molar-refractivity contribution in [2.24, 2.45) is 4.99 Å². The molecule has 1 heterocycles. The van der Waals surface area contributed by atoms with Crippen LogP contribution in [0, 0.1) is 0 Å². The summed E-state index contributed by atoms with van der Waals surface area (Å²) in [5, 5.41) is 20.8. The molecule has 0 aliphatic heterocycles. The molecule has 0 aliphatic carbocycles. The zero-order chi connectivity index (χ0) is 25.7. The fourth-order valence-corrected chi connectivity index (χ4v) is 4.61. The van der Waals surface area contributed by atoms with Crippen LogP contribution in [0.3, 0.4) is 0 Å². The maximum Gasteiger partial charge on any atom is 0.303 e. The molecule has 7 heteroatoms. The number of fused-ring (bicyclic) bond motifs is 1. The molecule has 4 rings (SSSR count). The first-order valence-corrected chi connectivity index (χ1v) is 12.7. The molecular weight excluding hydrogens is 518 g/mol. The lowest BCUT2D eigenvalue weighted by molar-refractivity contribution is -0.136. The molecule has 0 radical (unpaired) electrons. The van der Waals surface area contributed by atoms with E-state index in [1.807, 2.05) is 54.6 Å². The average Bonchev–Trinajstić information content (AvgIpc) is 3.16. The van der Waals surface area contributed by atoms with E-state index in [0.717, 1.165) is 51.6 Å². The smallest absolute Gasteiger partial charge is 0.303 e. The SMILES string of the molecule is CN(C)CCCc1cccc(N=C(c2ccc(CCC(=O)O)cc2)c2c(O)[nH]c3cc(Br)ccc23)c1. The Balaban J connectivity index is 1.77. The number of aromatic amines is 1. The second-order valence-electron chi connectivity index (χ2n) is 9.17. The highest BCUT2D eigenvalue weighted by Gasteiger charge is 2.19. The van der Waals surface area contributed by atoms with Gasteiger partial charge in [0.15, 0.2) is 5.88 Å². The van der Waals surface area contributed by atoms with E-state index in [9.17, 15) is 9.90 Å². The van der Waals surface area contributed by atoms with Crippen LogP contribution in [0.4, 0.5) is 5.69 Å². The number of aliphatic imine (C=N–C) groups is 1. The monoisotopic (exact) mass is 547 g/mol. The van der Waals surface area contributed by atoms with Gasteiger partial charge >= 0.3 is 5.97 Å². The van der Waals surface area contributed by atoms with Crippen LogP contribution in [0.25, 0.3) is 10.9 Å². The van der Waals surface area contributed by atoms with Gasteiger partial charge < -0.3 is 20.1 Å². The number of halogens is 1. The number of carbonyl (C=O) groups is 1. The molecule has 0 unspecified atom stereocenters. The molecule has 36 heavy (non-hydrogen) atoms. The zero-order valence-corrected chi connectivity index (χ0v) is 22.0. The minimum atomic E-state index is -0.818. The van der Waals surface area contributed by atoms with Crippen molar-refractivity contribution in [1.29, 1.82) is 0 Å². The third kappa shape index (κ3) is 6.42. The number of benzene rings is 3. The van der Waals surface area contributed by atoms with Crippen molar-refractivity contribution in [3.63, 3.8) is 0 Å². The first kappa shape index (κ1) is 25.7. The number of hydrogen-bond donors (Lipinski definition) is 3. The van der Waals surface area contributed by atoms with Crippen molar-refractivity contribution in [2.45, 2.75) is 25.7 Å². The van der Waals surface area contributed by atoms with E-state index < -0.39 is 5.97 Å². The topological polar surface area (TPSA) is 88.9 Å². The molecule has 4 aromatic rings. The van der Waals surface area contributed by atoms with Gasteiger partial charge in [-0.2, -0.15) is 0 Å². The average molecular weight is 548 g/mol. The Hall–Kier alpha value is -3.42. The standard InChI is InChI=1S/C29H30BrN3O3/c1-33(2)16-4-6-20-5-3-7-23(17-20)31-28(21-11-8-19(9-12-21)10-15-26(34)35)27-24-14-13-22(30)18-25(24)32-29(27)36/h3,5,7-9,11-14,17-18,32,36H,4,6,10,15-16H2,1-2H3,(H,34,35). The van der Waals surface area contributed by atoms with Gasteiger partial charge in [-0.1, -0.05) is 58.4 Å². The summed E-state index contributed by atoms with van der Waals surface area (Å²) >= 11 is 3.50. The fraction of sp³-hybridized carbons (Fsp3) is 0.241. The van der Waals surface area contributed by atoms with Crippen LogP contribution in [0.5, 0.6) is 5.88 Å². The summed E-state index contributed by atoms with van der Waals surface area (Å²) in [6.45, 7) is 1.02. The number of carboxylic acid groups (broad SMARTS) is 1. The molecule has 186 valence electrons. The number of nitrogens with one attached hydrogen (secondary N) is 1. The maximum absolute atomic E-state index is 11.0. The molecule has 0 bridgehead atoms. The molecule has 0 saturated carbocycles. The van der Waals surface area contributed by atoms with E-state index in [1.54, 1.807) is 0 Å². The first-order chi connectivity index (χ1) is 17.3. The van der Waals surface area contributed by atoms with Crippen LogP contribution in [0.15, 0.2) is 76.2 Å². The lowest BCUT2D eigenvalue weighted by atomic mass is 9.98. The molecule has 0 amide bonds. The highest BCUT2D eigenvalue weighted by atomic mass is 79.9. The van der Waals surface area contributed by atoms with Crippen LogP contribution in [-0.4, -0.2) is 52.4 Å². The number of aromatic hydroxyl groups is 1. The third-order valence-corrected chi connectivity index (χ3v) is 6.55. The summed E-state index contributed by atoms with van der Waals surface area (Å²) in [5.41, 5.74) is 5.90. The predicted octanol–water partition coefficient (Wildman–Crippen LogP) is 6.32. The van der Waals surface area contributed by atoms with Crippen LogP contribution < -0.4 is 0 Å². The zero-order valence-electron chi connectivity index (χ0n) is 20.5. The Morgan fingerprint density at radius 1 is 1.00 bits per heavy atom. The third-order valence-electron chi connectivity index (χ3n) is 6.05. The molecule has 3 aromatic carbocycles. The maximum atomic E-state index is 11.0. The van der Waals surface area contributed by atoms with Gasteiger partial charge in [0, 0.05) is 21.8 Å². The van der Waals surface area contributed by atoms with E-state index in [-0.39, 0.29) is 12.3 Å². The van der Waals surface area contributed by atoms with Crippen LogP contribution in [0.1, 0.15) is 35.1 Å². The van der Waals surface area contributed by atoms with Gasteiger partial charge in [-0.3, -0.25) is 4.79 Å². The second kappa shape index (κ2) is 11.5. The van der Waals surface area contributed by atoms with Gasteiger partial charge in [-0.25, -0.2) is 4.99 Å². The Bertz CT molecular complexity index is 1390. The Labute approximate surface area is 219 Å². The molecule has 0 fully saturated rings. The molecule has 0 saturated heterocycles. The van der Waals surface area contributed by atoms with Gasteiger partial charge in [0.2, 0.25) is 0 Å². The molecule has 1 aromatic heterocycles. The molecule has 0 aliphatic rings. The largest absolute Gasteiger partial charge is 0.494 e. The van der Waals surface area contributed by atoms with Crippen molar-refractivity contribution < 1.29 is 15.0 Å². The number of H-pyrrole nitrogens is 1. The van der Waals surface area contributed by atoms with Crippen molar-refractivity contribution >= 4 is 44.2 Å². The first-order valence-electron chi connectivity index (χ1n) is 11.9. The van der Waals surface area contributed by atoms with E-state index >= 15 is 0 Å². The molecule has 0 atom stereocenters. The fourth-order valence-electron chi connectivity index (χ4n) is 4.25. The summed E-state index contributed by atoms with van der Waals surface area (Å²) in [4.78, 5) is 21.2. The molecule has 6 nitrogen and oxygen atoms in total. The lowest BCUT2D eigenvalue weighted by Crippen LogP contribution is -2.13. The number of aryl methyl sites for hydroxylation is 2. The van der Waals surface area contributed by atoms with E-state index in [2.05, 4.69) is 52.0 Å². The van der Waals surface area contributed by atoms with E-state index in [1.165, 1.54) is 5.56 Å². The Kier molecular flexibility index (Phi) is 8.23. The summed E-state index contributed by atoms with van der Waals surface area (Å²) in [7, 11) is 4.15. The number of aromatic nitrogens is 1. The second-order valence-corrected chi connectivity index (χ2v) is 10.1. The Morgan fingerprint density at radius 3 is 2.50 bits per heavy atom. The number of nitrogens with zero attached hydrogens (tertiary/aromatic N) is 2. The Morgan fingerprint density at radius 2 is 1.78 bits per heavy atom. The van der Waals surface area contributed by atoms with Gasteiger partial charge in [0.25, 0.3) is 0 Å². The van der Waals surface area contributed by atoms with Crippen molar-refractivity contribution in [3.8, 4) is 5.88 Å². The number of carboxylic acids is 1. The van der Waals surface area contributed by atoms with Crippen LogP contribution >= 0.6 is 15.9 Å². The van der Waals surface area contributed by atoms with Gasteiger partial charge in [-0.05, 0) is 75.3 Å². The highest BCUT2D eigenvalue weighted by molar-refractivity contribution is 9.10.